The number of benzene rings is 2. The van der Waals surface area contributed by atoms with Gasteiger partial charge >= 0.3 is 5.97 Å². The van der Waals surface area contributed by atoms with Crippen LogP contribution >= 0.6 is 27.7 Å². The Bertz CT molecular complexity index is 995. The van der Waals surface area contributed by atoms with E-state index < -0.39 is 16.0 Å². The first kappa shape index (κ1) is 24.7. The minimum Gasteiger partial charge on any atom is -0.482 e. The van der Waals surface area contributed by atoms with Crippen LogP contribution in [0, 0.1) is 13.8 Å². The Hall–Kier alpha value is -1.55. The van der Waals surface area contributed by atoms with Crippen molar-refractivity contribution < 1.29 is 23.1 Å². The number of carbonyl (C=O) groups is 1. The van der Waals surface area contributed by atoms with Gasteiger partial charge < -0.3 is 9.84 Å². The van der Waals surface area contributed by atoms with Crippen LogP contribution in [0.5, 0.6) is 5.75 Å². The number of halogens is 1. The number of aryl methyl sites for hydroxylation is 2. The van der Waals surface area contributed by atoms with E-state index in [4.69, 9.17) is 9.84 Å². The molecular formula is C21H26BrNO5S2. The molecular weight excluding hydrogens is 490 g/mol. The molecule has 0 unspecified atom stereocenters. The molecule has 0 amide bonds. The van der Waals surface area contributed by atoms with Crippen LogP contribution in [0.25, 0.3) is 0 Å². The van der Waals surface area contributed by atoms with Crippen molar-refractivity contribution in [2.75, 3.05) is 25.4 Å². The van der Waals surface area contributed by atoms with E-state index in [-0.39, 0.29) is 6.61 Å². The van der Waals surface area contributed by atoms with E-state index in [2.05, 4.69) is 15.9 Å². The van der Waals surface area contributed by atoms with E-state index in [0.29, 0.717) is 35.1 Å². The molecule has 6 nitrogen and oxygen atoms in total. The van der Waals surface area contributed by atoms with Gasteiger partial charge in [-0.2, -0.15) is 4.31 Å². The number of carboxylic acids is 1. The Balaban J connectivity index is 2.06. The molecule has 0 atom stereocenters. The first-order valence-corrected chi connectivity index (χ1v) is 12.7. The van der Waals surface area contributed by atoms with Gasteiger partial charge in [-0.15, -0.1) is 11.8 Å². The lowest BCUT2D eigenvalue weighted by molar-refractivity contribution is -0.139. The molecule has 0 heterocycles. The average Bonchev–Trinajstić information content (AvgIpc) is 2.66. The van der Waals surface area contributed by atoms with Crippen LogP contribution in [-0.2, 0) is 14.8 Å². The quantitative estimate of drug-likeness (QED) is 0.435. The van der Waals surface area contributed by atoms with Gasteiger partial charge in [-0.3, -0.25) is 0 Å². The summed E-state index contributed by atoms with van der Waals surface area (Å²) in [4.78, 5) is 12.0. The van der Waals surface area contributed by atoms with Crippen molar-refractivity contribution >= 4 is 43.7 Å². The molecule has 2 aromatic rings. The van der Waals surface area contributed by atoms with Crippen molar-refractivity contribution in [3.8, 4) is 5.75 Å². The fraction of sp³-hybridized carbons (Fsp3) is 0.381. The summed E-state index contributed by atoms with van der Waals surface area (Å²) in [7, 11) is -3.57. The number of thioether (sulfide) groups is 1. The summed E-state index contributed by atoms with van der Waals surface area (Å²) < 4.78 is 33.9. The van der Waals surface area contributed by atoms with Crippen molar-refractivity contribution in [2.45, 2.75) is 37.0 Å². The maximum atomic E-state index is 13.2. The Morgan fingerprint density at radius 2 is 1.87 bits per heavy atom. The van der Waals surface area contributed by atoms with Gasteiger partial charge in [0.15, 0.2) is 6.61 Å². The third-order valence-electron chi connectivity index (χ3n) is 4.33. The molecule has 0 aromatic heterocycles. The van der Waals surface area contributed by atoms with Crippen molar-refractivity contribution in [3.05, 3.63) is 52.0 Å². The normalized spacial score (nSPS) is 11.6. The molecule has 0 aliphatic rings. The fourth-order valence-electron chi connectivity index (χ4n) is 2.92. The van der Waals surface area contributed by atoms with Crippen LogP contribution in [0.15, 0.2) is 50.7 Å². The second-order valence-electron chi connectivity index (χ2n) is 6.77. The molecule has 2 aromatic carbocycles. The number of rotatable bonds is 11. The van der Waals surface area contributed by atoms with Gasteiger partial charge in [0.2, 0.25) is 10.0 Å². The summed E-state index contributed by atoms with van der Waals surface area (Å²) in [6.45, 7) is 6.08. The van der Waals surface area contributed by atoms with Gasteiger partial charge in [-0.1, -0.05) is 22.9 Å². The third kappa shape index (κ3) is 6.73. The molecule has 0 saturated carbocycles. The van der Waals surface area contributed by atoms with Crippen molar-refractivity contribution in [3.63, 3.8) is 0 Å². The molecule has 0 aliphatic heterocycles. The Kier molecular flexibility index (Phi) is 9.21. The molecule has 1 N–H and O–H groups in total. The minimum atomic E-state index is -3.57. The Morgan fingerprint density at radius 1 is 1.13 bits per heavy atom. The molecule has 0 fully saturated rings. The molecule has 0 radical (unpaired) electrons. The van der Waals surface area contributed by atoms with Crippen molar-refractivity contribution in [1.29, 1.82) is 0 Å². The molecule has 30 heavy (non-hydrogen) atoms. The Morgan fingerprint density at radius 3 is 2.47 bits per heavy atom. The lowest BCUT2D eigenvalue weighted by Crippen LogP contribution is -2.34. The predicted octanol–water partition coefficient (Wildman–Crippen LogP) is 4.72. The van der Waals surface area contributed by atoms with Crippen LogP contribution in [0.1, 0.15) is 24.5 Å². The van der Waals surface area contributed by atoms with Gasteiger partial charge in [0, 0.05) is 28.2 Å². The van der Waals surface area contributed by atoms with E-state index in [0.717, 1.165) is 21.4 Å². The highest BCUT2D eigenvalue weighted by Gasteiger charge is 2.25. The first-order valence-electron chi connectivity index (χ1n) is 9.49. The van der Waals surface area contributed by atoms with Crippen molar-refractivity contribution in [2.24, 2.45) is 0 Å². The average molecular weight is 516 g/mol. The lowest BCUT2D eigenvalue weighted by Gasteiger charge is -2.22. The monoisotopic (exact) mass is 515 g/mol. The highest BCUT2D eigenvalue weighted by molar-refractivity contribution is 9.10. The zero-order valence-electron chi connectivity index (χ0n) is 17.2. The predicted molar refractivity (Wildman–Crippen MR) is 123 cm³/mol. The number of aliphatic carboxylic acids is 1. The molecule has 0 bridgehead atoms. The number of hydrogen-bond donors (Lipinski definition) is 1. The largest absolute Gasteiger partial charge is 0.482 e. The summed E-state index contributed by atoms with van der Waals surface area (Å²) >= 11 is 4.93. The van der Waals surface area contributed by atoms with Crippen LogP contribution in [0.4, 0.5) is 0 Å². The number of hydrogen-bond acceptors (Lipinski definition) is 5. The summed E-state index contributed by atoms with van der Waals surface area (Å²) in [5, 5.41) is 8.73. The maximum absolute atomic E-state index is 13.2. The van der Waals surface area contributed by atoms with Crippen molar-refractivity contribution in [1.82, 2.24) is 4.31 Å². The molecule has 9 heteroatoms. The summed E-state index contributed by atoms with van der Waals surface area (Å²) in [6.07, 6.45) is 0.730. The highest BCUT2D eigenvalue weighted by Crippen LogP contribution is 2.27. The molecule has 0 aliphatic carbocycles. The second kappa shape index (κ2) is 11.2. The van der Waals surface area contributed by atoms with Gasteiger partial charge in [0.05, 0.1) is 4.90 Å². The molecule has 0 saturated heterocycles. The number of ether oxygens (including phenoxy) is 1. The van der Waals surface area contributed by atoms with Gasteiger partial charge in [-0.25, -0.2) is 13.2 Å². The van der Waals surface area contributed by atoms with E-state index >= 15 is 0 Å². The SMILES string of the molecule is CCCN(CCSc1ccc(OCC(=O)O)c(C)c1)S(=O)(=O)c1ccc(Br)cc1C. The summed E-state index contributed by atoms with van der Waals surface area (Å²) in [5.41, 5.74) is 1.55. The molecule has 0 spiro atoms. The smallest absolute Gasteiger partial charge is 0.341 e. The van der Waals surface area contributed by atoms with Gasteiger partial charge in [0.1, 0.15) is 5.75 Å². The third-order valence-corrected chi connectivity index (χ3v) is 7.86. The number of carboxylic acid groups (broad SMARTS) is 1. The number of sulfonamides is 1. The minimum absolute atomic E-state index is 0.333. The Labute approximate surface area is 190 Å². The number of nitrogens with zero attached hydrogens (tertiary/aromatic N) is 1. The molecule has 2 rings (SSSR count). The topological polar surface area (TPSA) is 83.9 Å². The zero-order chi connectivity index (χ0) is 22.3. The highest BCUT2D eigenvalue weighted by atomic mass is 79.9. The standard InChI is InChI=1S/C21H26BrNO5S2/c1-4-9-23(30(26,27)20-8-5-17(22)12-16(20)3)10-11-29-18-6-7-19(15(2)13-18)28-14-21(24)25/h5-8,12-13H,4,9-11,14H2,1-3H3,(H,24,25). The van der Waals surface area contributed by atoms with Crippen LogP contribution in [-0.4, -0.2) is 49.2 Å². The van der Waals surface area contributed by atoms with E-state index in [1.807, 2.05) is 32.0 Å². The molecule has 164 valence electrons. The first-order chi connectivity index (χ1) is 14.1. The van der Waals surface area contributed by atoms with E-state index in [9.17, 15) is 13.2 Å². The lowest BCUT2D eigenvalue weighted by atomic mass is 10.2. The van der Waals surface area contributed by atoms with Gasteiger partial charge in [0.25, 0.3) is 0 Å². The van der Waals surface area contributed by atoms with E-state index in [1.165, 1.54) is 4.31 Å². The van der Waals surface area contributed by atoms with E-state index in [1.54, 1.807) is 36.9 Å². The van der Waals surface area contributed by atoms with Crippen LogP contribution in [0.3, 0.4) is 0 Å². The fourth-order valence-corrected chi connectivity index (χ4v) is 6.22. The second-order valence-corrected chi connectivity index (χ2v) is 10.8. The van der Waals surface area contributed by atoms with Crippen LogP contribution in [0.2, 0.25) is 0 Å². The van der Waals surface area contributed by atoms with Gasteiger partial charge in [-0.05, 0) is 67.8 Å². The maximum Gasteiger partial charge on any atom is 0.341 e. The summed E-state index contributed by atoms with van der Waals surface area (Å²) in [6, 6.07) is 10.7. The zero-order valence-corrected chi connectivity index (χ0v) is 20.4. The summed E-state index contributed by atoms with van der Waals surface area (Å²) in [5.74, 6) is 0.109. The van der Waals surface area contributed by atoms with Crippen LogP contribution < -0.4 is 4.74 Å².